The first-order valence-electron chi connectivity index (χ1n) is 8.68. The van der Waals surface area contributed by atoms with Crippen LogP contribution in [0.25, 0.3) is 0 Å². The van der Waals surface area contributed by atoms with Gasteiger partial charge in [0.15, 0.2) is 0 Å². The van der Waals surface area contributed by atoms with Gasteiger partial charge in [0.05, 0.1) is 19.0 Å². The van der Waals surface area contributed by atoms with Crippen LogP contribution in [0.2, 0.25) is 5.02 Å². The predicted octanol–water partition coefficient (Wildman–Crippen LogP) is 4.49. The number of benzene rings is 2. The maximum absolute atomic E-state index is 12.2. The quantitative estimate of drug-likeness (QED) is 0.548. The van der Waals surface area contributed by atoms with Crippen molar-refractivity contribution in [2.45, 2.75) is 0 Å². The Hall–Kier alpha value is -3.25. The molecular weight excluding hydrogens is 378 g/mol. The summed E-state index contributed by atoms with van der Waals surface area (Å²) >= 11 is 5.91. The van der Waals surface area contributed by atoms with Crippen LogP contribution in [-0.2, 0) is 0 Å². The molecule has 144 valence electrons. The molecule has 0 aliphatic rings. The third-order valence-corrected chi connectivity index (χ3v) is 4.09. The monoisotopic (exact) mass is 397 g/mol. The fourth-order valence-corrected chi connectivity index (χ4v) is 2.62. The molecule has 0 atom stereocenters. The Morgan fingerprint density at radius 1 is 1.07 bits per heavy atom. The van der Waals surface area contributed by atoms with Gasteiger partial charge in [-0.25, -0.2) is 4.98 Å². The van der Waals surface area contributed by atoms with E-state index in [1.54, 1.807) is 43.6 Å². The van der Waals surface area contributed by atoms with Gasteiger partial charge in [-0.1, -0.05) is 17.7 Å². The standard InChI is InChI=1S/C21H20ClN3O3/c1-27-18-6-8-19(9-7-18)28-12-11-23-17-5-10-20(24-14-17)25-21(26)15-3-2-4-16(22)13-15/h2-10,13-14,23H,11-12H2,1H3,(H,24,25,26). The van der Waals surface area contributed by atoms with E-state index in [9.17, 15) is 4.79 Å². The number of anilines is 2. The molecule has 6 nitrogen and oxygen atoms in total. The third-order valence-electron chi connectivity index (χ3n) is 3.85. The number of nitrogens with zero attached hydrogens (tertiary/aromatic N) is 1. The minimum Gasteiger partial charge on any atom is -0.497 e. The summed E-state index contributed by atoms with van der Waals surface area (Å²) in [6.07, 6.45) is 1.65. The highest BCUT2D eigenvalue weighted by Gasteiger charge is 2.07. The molecule has 0 spiro atoms. The molecule has 0 fully saturated rings. The number of pyridine rings is 1. The van der Waals surface area contributed by atoms with E-state index in [-0.39, 0.29) is 5.91 Å². The molecule has 0 saturated carbocycles. The Bertz CT molecular complexity index is 915. The van der Waals surface area contributed by atoms with Gasteiger partial charge in [-0.15, -0.1) is 0 Å². The summed E-state index contributed by atoms with van der Waals surface area (Å²) < 4.78 is 10.8. The van der Waals surface area contributed by atoms with Gasteiger partial charge in [-0.05, 0) is 54.6 Å². The van der Waals surface area contributed by atoms with Crippen LogP contribution in [0.4, 0.5) is 11.5 Å². The molecule has 0 aliphatic heterocycles. The van der Waals surface area contributed by atoms with Crippen LogP contribution in [0.3, 0.4) is 0 Å². The Morgan fingerprint density at radius 2 is 1.86 bits per heavy atom. The van der Waals surface area contributed by atoms with Crippen LogP contribution < -0.4 is 20.1 Å². The van der Waals surface area contributed by atoms with E-state index in [4.69, 9.17) is 21.1 Å². The fraction of sp³-hybridized carbons (Fsp3) is 0.143. The molecule has 7 heteroatoms. The molecule has 2 aromatic carbocycles. The van der Waals surface area contributed by atoms with E-state index in [0.29, 0.717) is 29.6 Å². The van der Waals surface area contributed by atoms with Gasteiger partial charge >= 0.3 is 0 Å². The summed E-state index contributed by atoms with van der Waals surface area (Å²) in [5, 5.41) is 6.47. The number of carbonyl (C=O) groups is 1. The van der Waals surface area contributed by atoms with E-state index in [0.717, 1.165) is 17.2 Å². The van der Waals surface area contributed by atoms with Crippen molar-refractivity contribution in [1.29, 1.82) is 0 Å². The van der Waals surface area contributed by atoms with Crippen LogP contribution >= 0.6 is 11.6 Å². The summed E-state index contributed by atoms with van der Waals surface area (Å²) in [5.74, 6) is 1.77. The summed E-state index contributed by atoms with van der Waals surface area (Å²) in [5.41, 5.74) is 1.31. The molecule has 1 aromatic heterocycles. The number of rotatable bonds is 8. The molecule has 28 heavy (non-hydrogen) atoms. The first kappa shape index (κ1) is 19.5. The van der Waals surface area contributed by atoms with Crippen molar-refractivity contribution in [3.8, 4) is 11.5 Å². The Labute approximate surface area is 168 Å². The summed E-state index contributed by atoms with van der Waals surface area (Å²) in [7, 11) is 1.63. The van der Waals surface area contributed by atoms with E-state index in [1.165, 1.54) is 0 Å². The second kappa shape index (κ2) is 9.62. The molecule has 0 aliphatic carbocycles. The number of nitrogens with one attached hydrogen (secondary N) is 2. The van der Waals surface area contributed by atoms with Gasteiger partial charge in [0, 0.05) is 17.1 Å². The first-order chi connectivity index (χ1) is 13.6. The summed E-state index contributed by atoms with van der Waals surface area (Å²) in [6.45, 7) is 1.11. The molecule has 1 heterocycles. The first-order valence-corrected chi connectivity index (χ1v) is 9.05. The Balaban J connectivity index is 1.44. The fourth-order valence-electron chi connectivity index (χ4n) is 2.43. The molecule has 2 N–H and O–H groups in total. The number of aromatic nitrogens is 1. The lowest BCUT2D eigenvalue weighted by Crippen LogP contribution is -2.14. The average Bonchev–Trinajstić information content (AvgIpc) is 2.73. The van der Waals surface area contributed by atoms with Gasteiger partial charge in [0.25, 0.3) is 5.91 Å². The Morgan fingerprint density at radius 3 is 2.54 bits per heavy atom. The number of carbonyl (C=O) groups excluding carboxylic acids is 1. The molecule has 0 unspecified atom stereocenters. The second-order valence-corrected chi connectivity index (χ2v) is 6.28. The number of amides is 1. The van der Waals surface area contributed by atoms with Crippen molar-refractivity contribution in [2.24, 2.45) is 0 Å². The zero-order valence-corrected chi connectivity index (χ0v) is 16.1. The minimum atomic E-state index is -0.261. The topological polar surface area (TPSA) is 72.5 Å². The van der Waals surface area contributed by atoms with Crippen molar-refractivity contribution in [3.05, 3.63) is 77.4 Å². The number of hydrogen-bond acceptors (Lipinski definition) is 5. The second-order valence-electron chi connectivity index (χ2n) is 5.85. The molecule has 0 radical (unpaired) electrons. The summed E-state index contributed by atoms with van der Waals surface area (Å²) in [4.78, 5) is 16.4. The lowest BCUT2D eigenvalue weighted by molar-refractivity contribution is 0.102. The van der Waals surface area contributed by atoms with Crippen LogP contribution in [-0.4, -0.2) is 31.2 Å². The largest absolute Gasteiger partial charge is 0.497 e. The molecule has 0 saturated heterocycles. The maximum Gasteiger partial charge on any atom is 0.256 e. The van der Waals surface area contributed by atoms with Crippen LogP contribution in [0.5, 0.6) is 11.5 Å². The normalized spacial score (nSPS) is 10.2. The zero-order chi connectivity index (χ0) is 19.8. The maximum atomic E-state index is 12.2. The molecule has 0 bridgehead atoms. The summed E-state index contributed by atoms with van der Waals surface area (Å²) in [6, 6.07) is 17.7. The number of halogens is 1. The highest BCUT2D eigenvalue weighted by atomic mass is 35.5. The molecular formula is C21H20ClN3O3. The lowest BCUT2D eigenvalue weighted by Gasteiger charge is -2.10. The van der Waals surface area contributed by atoms with E-state index >= 15 is 0 Å². The van der Waals surface area contributed by atoms with E-state index in [1.807, 2.05) is 30.3 Å². The van der Waals surface area contributed by atoms with Crippen molar-refractivity contribution >= 4 is 29.0 Å². The van der Waals surface area contributed by atoms with E-state index in [2.05, 4.69) is 15.6 Å². The van der Waals surface area contributed by atoms with Crippen LogP contribution in [0.15, 0.2) is 66.9 Å². The molecule has 3 rings (SSSR count). The van der Waals surface area contributed by atoms with Gasteiger partial charge in [0.2, 0.25) is 0 Å². The van der Waals surface area contributed by atoms with Gasteiger partial charge < -0.3 is 20.1 Å². The average molecular weight is 398 g/mol. The number of ether oxygens (including phenoxy) is 2. The van der Waals surface area contributed by atoms with Crippen molar-refractivity contribution < 1.29 is 14.3 Å². The highest BCUT2D eigenvalue weighted by Crippen LogP contribution is 2.17. The smallest absolute Gasteiger partial charge is 0.256 e. The zero-order valence-electron chi connectivity index (χ0n) is 15.3. The van der Waals surface area contributed by atoms with Crippen molar-refractivity contribution in [3.63, 3.8) is 0 Å². The van der Waals surface area contributed by atoms with Gasteiger partial charge in [0.1, 0.15) is 23.9 Å². The predicted molar refractivity (Wildman–Crippen MR) is 111 cm³/mol. The SMILES string of the molecule is COc1ccc(OCCNc2ccc(NC(=O)c3cccc(Cl)c3)nc2)cc1. The van der Waals surface area contributed by atoms with Crippen LogP contribution in [0.1, 0.15) is 10.4 Å². The number of hydrogen-bond donors (Lipinski definition) is 2. The van der Waals surface area contributed by atoms with Gasteiger partial charge in [-0.3, -0.25) is 4.79 Å². The molecule has 3 aromatic rings. The van der Waals surface area contributed by atoms with Crippen molar-refractivity contribution in [1.82, 2.24) is 4.98 Å². The molecule has 1 amide bonds. The highest BCUT2D eigenvalue weighted by molar-refractivity contribution is 6.31. The van der Waals surface area contributed by atoms with Crippen molar-refractivity contribution in [2.75, 3.05) is 30.9 Å². The van der Waals surface area contributed by atoms with Crippen LogP contribution in [0, 0.1) is 0 Å². The third kappa shape index (κ3) is 5.62. The van der Waals surface area contributed by atoms with Gasteiger partial charge in [-0.2, -0.15) is 0 Å². The number of methoxy groups -OCH3 is 1. The lowest BCUT2D eigenvalue weighted by atomic mass is 10.2. The minimum absolute atomic E-state index is 0.261. The van der Waals surface area contributed by atoms with E-state index < -0.39 is 0 Å². The Kier molecular flexibility index (Phi) is 6.70.